The molecule has 1 rings (SSSR count). The molecule has 1 N–H and O–H groups in total. The zero-order chi connectivity index (χ0) is 12.7. The third-order valence-electron chi connectivity index (χ3n) is 2.79. The molecule has 0 saturated heterocycles. The first-order valence-electron chi connectivity index (χ1n) is 6.33. The molecule has 1 nitrogen and oxygen atoms in total. The number of benzene rings is 1. The maximum atomic E-state index is 3.53. The second-order valence-corrected chi connectivity index (χ2v) is 5.20. The Balaban J connectivity index is 2.72. The molecule has 0 bridgehead atoms. The number of aryl methyl sites for hydroxylation is 1. The van der Waals surface area contributed by atoms with E-state index in [9.17, 15) is 0 Å². The molecule has 1 aromatic rings. The van der Waals surface area contributed by atoms with E-state index in [0.29, 0.717) is 0 Å². The molecule has 17 heavy (non-hydrogen) atoms. The lowest BCUT2D eigenvalue weighted by atomic mass is 10.1. The lowest BCUT2D eigenvalue weighted by Gasteiger charge is -2.07. The van der Waals surface area contributed by atoms with Crippen molar-refractivity contribution in [2.75, 3.05) is 13.1 Å². The van der Waals surface area contributed by atoms with Gasteiger partial charge in [0.25, 0.3) is 0 Å². The molecule has 0 saturated carbocycles. The lowest BCUT2D eigenvalue weighted by Crippen LogP contribution is -2.17. The van der Waals surface area contributed by atoms with Gasteiger partial charge in [0.05, 0.1) is 0 Å². The fourth-order valence-electron chi connectivity index (χ4n) is 1.70. The van der Waals surface area contributed by atoms with E-state index < -0.39 is 0 Å². The van der Waals surface area contributed by atoms with Crippen molar-refractivity contribution < 1.29 is 0 Å². The average molecular weight is 296 g/mol. The highest BCUT2D eigenvalue weighted by molar-refractivity contribution is 9.10. The normalized spacial score (nSPS) is 11.9. The van der Waals surface area contributed by atoms with Gasteiger partial charge in [-0.15, -0.1) is 0 Å². The number of hydrogen-bond acceptors (Lipinski definition) is 1. The second-order valence-electron chi connectivity index (χ2n) is 4.34. The van der Waals surface area contributed by atoms with Crippen LogP contribution in [0.15, 0.2) is 28.2 Å². The standard InChI is InChI=1S/C15H22BrN/c1-4-8-17-11-13(5-2)10-14-6-7-15(16)12(3)9-14/h6-7,9-10,17H,4-5,8,11H2,1-3H3. The van der Waals surface area contributed by atoms with Crippen molar-refractivity contribution in [2.45, 2.75) is 33.6 Å². The first-order valence-corrected chi connectivity index (χ1v) is 7.13. The van der Waals surface area contributed by atoms with Gasteiger partial charge in [-0.1, -0.05) is 53.6 Å². The summed E-state index contributed by atoms with van der Waals surface area (Å²) >= 11 is 3.53. The zero-order valence-corrected chi connectivity index (χ0v) is 12.6. The Morgan fingerprint density at radius 3 is 2.71 bits per heavy atom. The summed E-state index contributed by atoms with van der Waals surface area (Å²) < 4.78 is 1.18. The van der Waals surface area contributed by atoms with E-state index in [4.69, 9.17) is 0 Å². The molecule has 0 aromatic heterocycles. The smallest absolute Gasteiger partial charge is 0.0204 e. The second kappa shape index (κ2) is 7.67. The van der Waals surface area contributed by atoms with Crippen LogP contribution in [-0.2, 0) is 0 Å². The van der Waals surface area contributed by atoms with Crippen molar-refractivity contribution in [2.24, 2.45) is 0 Å². The van der Waals surface area contributed by atoms with Gasteiger partial charge in [-0.3, -0.25) is 0 Å². The average Bonchev–Trinajstić information content (AvgIpc) is 2.32. The summed E-state index contributed by atoms with van der Waals surface area (Å²) in [5.41, 5.74) is 4.04. The fraction of sp³-hybridized carbons (Fsp3) is 0.467. The Morgan fingerprint density at radius 1 is 1.35 bits per heavy atom. The highest BCUT2D eigenvalue weighted by Crippen LogP contribution is 2.19. The van der Waals surface area contributed by atoms with E-state index in [1.54, 1.807) is 0 Å². The molecule has 0 aliphatic rings. The molecule has 0 fully saturated rings. The molecule has 1 aromatic carbocycles. The van der Waals surface area contributed by atoms with E-state index in [-0.39, 0.29) is 0 Å². The molecule has 2 heteroatoms. The Labute approximate surface area is 113 Å². The molecule has 0 radical (unpaired) electrons. The van der Waals surface area contributed by atoms with Gasteiger partial charge in [0, 0.05) is 11.0 Å². The molecule has 0 amide bonds. The predicted octanol–water partition coefficient (Wildman–Crippen LogP) is 4.55. The van der Waals surface area contributed by atoms with Crippen molar-refractivity contribution in [1.82, 2.24) is 5.32 Å². The molecular weight excluding hydrogens is 274 g/mol. The number of halogens is 1. The van der Waals surface area contributed by atoms with Crippen LogP contribution in [0.3, 0.4) is 0 Å². The van der Waals surface area contributed by atoms with Crippen molar-refractivity contribution in [3.05, 3.63) is 39.4 Å². The lowest BCUT2D eigenvalue weighted by molar-refractivity contribution is 0.706. The van der Waals surface area contributed by atoms with Crippen LogP contribution in [0.4, 0.5) is 0 Å². The summed E-state index contributed by atoms with van der Waals surface area (Å²) in [6.07, 6.45) is 4.59. The molecule has 0 aliphatic carbocycles. The van der Waals surface area contributed by atoms with Crippen molar-refractivity contribution in [3.8, 4) is 0 Å². The summed E-state index contributed by atoms with van der Waals surface area (Å²) in [6.45, 7) is 8.63. The van der Waals surface area contributed by atoms with Crippen LogP contribution in [0.5, 0.6) is 0 Å². The summed E-state index contributed by atoms with van der Waals surface area (Å²) in [5, 5.41) is 3.45. The van der Waals surface area contributed by atoms with Gasteiger partial charge in [0.1, 0.15) is 0 Å². The fourth-order valence-corrected chi connectivity index (χ4v) is 1.94. The van der Waals surface area contributed by atoms with Gasteiger partial charge in [-0.25, -0.2) is 0 Å². The van der Waals surface area contributed by atoms with E-state index in [2.05, 4.69) is 66.3 Å². The highest BCUT2D eigenvalue weighted by atomic mass is 79.9. The van der Waals surface area contributed by atoms with Crippen LogP contribution in [0.2, 0.25) is 0 Å². The van der Waals surface area contributed by atoms with Gasteiger partial charge in [-0.2, -0.15) is 0 Å². The maximum Gasteiger partial charge on any atom is 0.0204 e. The van der Waals surface area contributed by atoms with Crippen LogP contribution in [0.25, 0.3) is 6.08 Å². The molecule has 0 unspecified atom stereocenters. The Morgan fingerprint density at radius 2 is 2.12 bits per heavy atom. The van der Waals surface area contributed by atoms with Gasteiger partial charge in [0.15, 0.2) is 0 Å². The topological polar surface area (TPSA) is 12.0 Å². The molecule has 0 spiro atoms. The summed E-state index contributed by atoms with van der Waals surface area (Å²) in [6, 6.07) is 6.50. The van der Waals surface area contributed by atoms with Crippen LogP contribution < -0.4 is 5.32 Å². The number of hydrogen-bond donors (Lipinski definition) is 1. The summed E-state index contributed by atoms with van der Waals surface area (Å²) in [5.74, 6) is 0. The number of nitrogens with one attached hydrogen (secondary N) is 1. The predicted molar refractivity (Wildman–Crippen MR) is 80.3 cm³/mol. The quantitative estimate of drug-likeness (QED) is 0.759. The third-order valence-corrected chi connectivity index (χ3v) is 3.68. The van der Waals surface area contributed by atoms with Crippen molar-refractivity contribution >= 4 is 22.0 Å². The molecule has 0 aliphatic heterocycles. The van der Waals surface area contributed by atoms with Gasteiger partial charge < -0.3 is 5.32 Å². The largest absolute Gasteiger partial charge is 0.313 e. The maximum absolute atomic E-state index is 3.53. The minimum absolute atomic E-state index is 0.999. The van der Waals surface area contributed by atoms with Gasteiger partial charge in [-0.05, 0) is 43.5 Å². The van der Waals surface area contributed by atoms with Gasteiger partial charge >= 0.3 is 0 Å². The Kier molecular flexibility index (Phi) is 6.53. The van der Waals surface area contributed by atoms with Crippen molar-refractivity contribution in [1.29, 1.82) is 0 Å². The minimum Gasteiger partial charge on any atom is -0.313 e. The third kappa shape index (κ3) is 5.05. The molecule has 94 valence electrons. The zero-order valence-electron chi connectivity index (χ0n) is 11.0. The molecule has 0 atom stereocenters. The van der Waals surface area contributed by atoms with Crippen LogP contribution in [-0.4, -0.2) is 13.1 Å². The van der Waals surface area contributed by atoms with E-state index in [1.165, 1.54) is 27.6 Å². The minimum atomic E-state index is 0.999. The molecule has 0 heterocycles. The van der Waals surface area contributed by atoms with E-state index in [1.807, 2.05) is 0 Å². The van der Waals surface area contributed by atoms with E-state index >= 15 is 0 Å². The van der Waals surface area contributed by atoms with Gasteiger partial charge in [0.2, 0.25) is 0 Å². The Bertz CT molecular complexity index is 383. The first-order chi connectivity index (χ1) is 8.17. The summed E-state index contributed by atoms with van der Waals surface area (Å²) in [4.78, 5) is 0. The van der Waals surface area contributed by atoms with E-state index in [0.717, 1.165) is 19.5 Å². The van der Waals surface area contributed by atoms with Crippen LogP contribution in [0, 0.1) is 6.92 Å². The number of rotatable bonds is 6. The highest BCUT2D eigenvalue weighted by Gasteiger charge is 1.98. The Hall–Kier alpha value is -0.600. The molecular formula is C15H22BrN. The van der Waals surface area contributed by atoms with Crippen LogP contribution in [0.1, 0.15) is 37.8 Å². The van der Waals surface area contributed by atoms with Crippen LogP contribution >= 0.6 is 15.9 Å². The monoisotopic (exact) mass is 295 g/mol. The SMILES string of the molecule is CCCNCC(=Cc1ccc(Br)c(C)c1)CC. The first kappa shape index (κ1) is 14.5. The summed E-state index contributed by atoms with van der Waals surface area (Å²) in [7, 11) is 0. The van der Waals surface area contributed by atoms with Crippen molar-refractivity contribution in [3.63, 3.8) is 0 Å².